The standard InChI is InChI=1S/C15H19BrO4/c1-4-12-10(5-6-20-12)15(17)14-11(16)7-9(18-2)8-13(14)19-3/h7-8,10,12H,4-6H2,1-3H3. The molecule has 0 amide bonds. The van der Waals surface area contributed by atoms with E-state index < -0.39 is 0 Å². The lowest BCUT2D eigenvalue weighted by Gasteiger charge is -2.18. The van der Waals surface area contributed by atoms with Gasteiger partial charge in [-0.1, -0.05) is 6.92 Å². The van der Waals surface area contributed by atoms with E-state index in [9.17, 15) is 4.79 Å². The quantitative estimate of drug-likeness (QED) is 0.768. The summed E-state index contributed by atoms with van der Waals surface area (Å²) in [5.41, 5.74) is 0.572. The highest BCUT2D eigenvalue weighted by atomic mass is 79.9. The number of carbonyl (C=O) groups excluding carboxylic acids is 1. The predicted molar refractivity (Wildman–Crippen MR) is 79.7 cm³/mol. The minimum atomic E-state index is -0.0985. The minimum absolute atomic E-state index is 0.00112. The van der Waals surface area contributed by atoms with Crippen molar-refractivity contribution in [1.29, 1.82) is 0 Å². The second kappa shape index (κ2) is 6.59. The van der Waals surface area contributed by atoms with Crippen LogP contribution in [0.3, 0.4) is 0 Å². The van der Waals surface area contributed by atoms with Gasteiger partial charge in [-0.2, -0.15) is 0 Å². The highest BCUT2D eigenvalue weighted by Gasteiger charge is 2.35. The van der Waals surface area contributed by atoms with Crippen molar-refractivity contribution >= 4 is 21.7 Å². The molecule has 1 aliphatic rings. The molecule has 2 unspecified atom stereocenters. The van der Waals surface area contributed by atoms with Crippen LogP contribution in [-0.4, -0.2) is 32.7 Å². The van der Waals surface area contributed by atoms with Crippen molar-refractivity contribution in [2.24, 2.45) is 5.92 Å². The van der Waals surface area contributed by atoms with E-state index in [1.165, 1.54) is 0 Å². The molecule has 0 aromatic heterocycles. The highest BCUT2D eigenvalue weighted by Crippen LogP contribution is 2.37. The zero-order valence-corrected chi connectivity index (χ0v) is 13.5. The first-order valence-corrected chi connectivity index (χ1v) is 7.49. The molecule has 4 nitrogen and oxygen atoms in total. The Labute approximate surface area is 127 Å². The van der Waals surface area contributed by atoms with Crippen LogP contribution < -0.4 is 9.47 Å². The zero-order chi connectivity index (χ0) is 14.7. The first-order valence-electron chi connectivity index (χ1n) is 6.69. The Balaban J connectivity index is 2.38. The summed E-state index contributed by atoms with van der Waals surface area (Å²) in [6.07, 6.45) is 1.60. The summed E-state index contributed by atoms with van der Waals surface area (Å²) < 4.78 is 16.8. The molecule has 2 atom stereocenters. The SMILES string of the molecule is CCC1OCCC1C(=O)c1c(Br)cc(OC)cc1OC. The van der Waals surface area contributed by atoms with Gasteiger partial charge in [0.05, 0.1) is 31.8 Å². The Bertz CT molecular complexity index is 501. The van der Waals surface area contributed by atoms with Gasteiger partial charge in [0.25, 0.3) is 0 Å². The molecule has 2 rings (SSSR count). The smallest absolute Gasteiger partial charge is 0.173 e. The third-order valence-electron chi connectivity index (χ3n) is 3.68. The lowest BCUT2D eigenvalue weighted by Crippen LogP contribution is -2.24. The van der Waals surface area contributed by atoms with Crippen LogP contribution in [-0.2, 0) is 4.74 Å². The molecule has 1 aliphatic heterocycles. The number of rotatable bonds is 5. The summed E-state index contributed by atoms with van der Waals surface area (Å²) in [5, 5.41) is 0. The number of methoxy groups -OCH3 is 2. The minimum Gasteiger partial charge on any atom is -0.497 e. The summed E-state index contributed by atoms with van der Waals surface area (Å²) >= 11 is 3.45. The first-order chi connectivity index (χ1) is 9.62. The average molecular weight is 343 g/mol. The number of hydrogen-bond donors (Lipinski definition) is 0. The molecule has 0 bridgehead atoms. The Kier molecular flexibility index (Phi) is 5.05. The molecule has 0 aliphatic carbocycles. The van der Waals surface area contributed by atoms with Crippen molar-refractivity contribution in [2.75, 3.05) is 20.8 Å². The fourth-order valence-electron chi connectivity index (χ4n) is 2.61. The maximum atomic E-state index is 12.8. The van der Waals surface area contributed by atoms with E-state index in [1.807, 2.05) is 6.92 Å². The normalized spacial score (nSPS) is 21.8. The van der Waals surface area contributed by atoms with Crippen molar-refractivity contribution in [1.82, 2.24) is 0 Å². The van der Waals surface area contributed by atoms with Crippen LogP contribution in [0.1, 0.15) is 30.1 Å². The molecule has 0 radical (unpaired) electrons. The fourth-order valence-corrected chi connectivity index (χ4v) is 3.23. The fraction of sp³-hybridized carbons (Fsp3) is 0.533. The number of ether oxygens (including phenoxy) is 3. The average Bonchev–Trinajstić information content (AvgIpc) is 2.93. The third-order valence-corrected chi connectivity index (χ3v) is 4.30. The molecule has 0 saturated carbocycles. The molecule has 1 aromatic rings. The highest BCUT2D eigenvalue weighted by molar-refractivity contribution is 9.10. The second-order valence-corrected chi connectivity index (χ2v) is 5.62. The van der Waals surface area contributed by atoms with E-state index in [2.05, 4.69) is 15.9 Å². The van der Waals surface area contributed by atoms with E-state index >= 15 is 0 Å². The number of carbonyl (C=O) groups is 1. The van der Waals surface area contributed by atoms with Gasteiger partial charge in [-0.05, 0) is 34.8 Å². The van der Waals surface area contributed by atoms with Crippen molar-refractivity contribution in [3.05, 3.63) is 22.2 Å². The monoisotopic (exact) mass is 342 g/mol. The third kappa shape index (κ3) is 2.83. The van der Waals surface area contributed by atoms with Gasteiger partial charge in [-0.15, -0.1) is 0 Å². The van der Waals surface area contributed by atoms with Gasteiger partial charge in [0.15, 0.2) is 5.78 Å². The molecule has 110 valence electrons. The second-order valence-electron chi connectivity index (χ2n) is 4.76. The topological polar surface area (TPSA) is 44.8 Å². The van der Waals surface area contributed by atoms with Crippen LogP contribution in [0.4, 0.5) is 0 Å². The lowest BCUT2D eigenvalue weighted by molar-refractivity contribution is 0.0686. The molecule has 1 saturated heterocycles. The summed E-state index contributed by atoms with van der Waals surface area (Å²) in [5.74, 6) is 1.15. The number of benzene rings is 1. The summed E-state index contributed by atoms with van der Waals surface area (Å²) in [7, 11) is 3.14. The zero-order valence-electron chi connectivity index (χ0n) is 11.9. The largest absolute Gasteiger partial charge is 0.497 e. The van der Waals surface area contributed by atoms with Crippen LogP contribution >= 0.6 is 15.9 Å². The molecule has 1 aromatic carbocycles. The number of halogens is 1. The van der Waals surface area contributed by atoms with Crippen LogP contribution in [0, 0.1) is 5.92 Å². The van der Waals surface area contributed by atoms with Gasteiger partial charge in [-0.3, -0.25) is 4.79 Å². The van der Waals surface area contributed by atoms with Gasteiger partial charge in [0.1, 0.15) is 11.5 Å². The van der Waals surface area contributed by atoms with Crippen LogP contribution in [0.25, 0.3) is 0 Å². The van der Waals surface area contributed by atoms with Crippen molar-refractivity contribution < 1.29 is 19.0 Å². The van der Waals surface area contributed by atoms with E-state index in [4.69, 9.17) is 14.2 Å². The van der Waals surface area contributed by atoms with E-state index in [1.54, 1.807) is 26.4 Å². The van der Waals surface area contributed by atoms with Crippen molar-refractivity contribution in [2.45, 2.75) is 25.9 Å². The molecular formula is C15H19BrO4. The Morgan fingerprint density at radius 2 is 2.15 bits per heavy atom. The van der Waals surface area contributed by atoms with Crippen molar-refractivity contribution in [3.8, 4) is 11.5 Å². The maximum absolute atomic E-state index is 12.8. The van der Waals surface area contributed by atoms with Gasteiger partial charge < -0.3 is 14.2 Å². The summed E-state index contributed by atoms with van der Waals surface area (Å²) in [4.78, 5) is 12.8. The molecule has 1 fully saturated rings. The molecular weight excluding hydrogens is 324 g/mol. The Morgan fingerprint density at radius 1 is 1.40 bits per heavy atom. The van der Waals surface area contributed by atoms with Gasteiger partial charge >= 0.3 is 0 Å². The van der Waals surface area contributed by atoms with Crippen LogP contribution in [0.2, 0.25) is 0 Å². The number of hydrogen-bond acceptors (Lipinski definition) is 4. The molecule has 0 N–H and O–H groups in total. The van der Waals surface area contributed by atoms with Crippen LogP contribution in [0.15, 0.2) is 16.6 Å². The maximum Gasteiger partial charge on any atom is 0.173 e. The van der Waals surface area contributed by atoms with E-state index in [0.29, 0.717) is 28.1 Å². The van der Waals surface area contributed by atoms with Gasteiger partial charge in [0, 0.05) is 17.1 Å². The van der Waals surface area contributed by atoms with E-state index in [0.717, 1.165) is 12.8 Å². The predicted octanol–water partition coefficient (Wildman–Crippen LogP) is 3.46. The first kappa shape index (κ1) is 15.3. The van der Waals surface area contributed by atoms with Crippen molar-refractivity contribution in [3.63, 3.8) is 0 Å². The summed E-state index contributed by atoms with van der Waals surface area (Å²) in [6, 6.07) is 3.52. The van der Waals surface area contributed by atoms with Gasteiger partial charge in [-0.25, -0.2) is 0 Å². The molecule has 20 heavy (non-hydrogen) atoms. The van der Waals surface area contributed by atoms with Crippen LogP contribution in [0.5, 0.6) is 11.5 Å². The van der Waals surface area contributed by atoms with E-state index in [-0.39, 0.29) is 17.8 Å². The Morgan fingerprint density at radius 3 is 2.75 bits per heavy atom. The van der Waals surface area contributed by atoms with Gasteiger partial charge in [0.2, 0.25) is 0 Å². The summed E-state index contributed by atoms with van der Waals surface area (Å²) in [6.45, 7) is 2.68. The number of Topliss-reactive ketones (excluding diaryl/α,β-unsaturated/α-hetero) is 1. The molecule has 0 spiro atoms. The molecule has 5 heteroatoms. The lowest BCUT2D eigenvalue weighted by atomic mass is 9.90. The molecule has 1 heterocycles. The number of ketones is 1. The Hall–Kier alpha value is -1.07.